The minimum absolute atomic E-state index is 0.244. The summed E-state index contributed by atoms with van der Waals surface area (Å²) in [5.74, 6) is 0. The number of hydrogen-bond acceptors (Lipinski definition) is 4. The number of hydrogen-bond donors (Lipinski definition) is 0. The van der Waals surface area contributed by atoms with E-state index in [4.69, 9.17) is 32.8 Å². The maximum absolute atomic E-state index is 6.43. The van der Waals surface area contributed by atoms with Crippen LogP contribution in [0.3, 0.4) is 0 Å². The Balaban J connectivity index is 1.96. The summed E-state index contributed by atoms with van der Waals surface area (Å²) in [6, 6.07) is 0. The van der Waals surface area contributed by atoms with Crippen molar-refractivity contribution in [1.29, 1.82) is 0 Å². The number of morpholine rings is 1. The lowest BCUT2D eigenvalue weighted by atomic mass is 9.92. The summed E-state index contributed by atoms with van der Waals surface area (Å²) in [6.07, 6.45) is -0.244. The second-order valence-electron chi connectivity index (χ2n) is 5.95. The van der Waals surface area contributed by atoms with E-state index in [9.17, 15) is 0 Å². The van der Waals surface area contributed by atoms with Crippen molar-refractivity contribution < 1.29 is 9.57 Å². The van der Waals surface area contributed by atoms with E-state index in [0.717, 1.165) is 46.6 Å². The number of ether oxygens (including phenoxy) is 1. The standard InChI is InChI=1S/C17H20Cl2N2O2/c1-9-13(10(2)15(19)11(3)14(9)18)16-12(4)17(23-20-16)21-5-7-22-8-6-21/h17H,4-8H2,1-3H3. The number of oxime groups is 1. The number of nitrogens with zero attached hydrogens (tertiary/aromatic N) is 2. The van der Waals surface area contributed by atoms with Crippen LogP contribution < -0.4 is 0 Å². The molecule has 0 saturated carbocycles. The first-order chi connectivity index (χ1) is 10.9. The van der Waals surface area contributed by atoms with Crippen molar-refractivity contribution in [3.05, 3.63) is 44.5 Å². The highest BCUT2D eigenvalue weighted by Gasteiger charge is 2.35. The molecule has 124 valence electrons. The molecule has 0 N–H and O–H groups in total. The lowest BCUT2D eigenvalue weighted by Crippen LogP contribution is -2.44. The average Bonchev–Trinajstić information content (AvgIpc) is 2.94. The molecule has 2 heterocycles. The molecular formula is C17H20Cl2N2O2. The summed E-state index contributed by atoms with van der Waals surface area (Å²) in [5, 5.41) is 5.63. The van der Waals surface area contributed by atoms with Crippen molar-refractivity contribution in [1.82, 2.24) is 4.90 Å². The first kappa shape index (κ1) is 16.8. The second kappa shape index (κ2) is 6.44. The molecule has 2 aliphatic rings. The zero-order chi connectivity index (χ0) is 16.7. The number of halogens is 2. The summed E-state index contributed by atoms with van der Waals surface area (Å²) in [6.45, 7) is 13.1. The molecule has 1 aromatic carbocycles. The highest BCUT2D eigenvalue weighted by molar-refractivity contribution is 6.38. The molecule has 1 unspecified atom stereocenters. The van der Waals surface area contributed by atoms with Gasteiger partial charge in [0.1, 0.15) is 5.71 Å². The zero-order valence-electron chi connectivity index (χ0n) is 13.6. The van der Waals surface area contributed by atoms with Gasteiger partial charge in [-0.05, 0) is 37.5 Å². The van der Waals surface area contributed by atoms with Crippen LogP contribution in [0.2, 0.25) is 10.0 Å². The SMILES string of the molecule is C=C1C(c2c(C)c(Cl)c(C)c(Cl)c2C)=NOC1N1CCOCC1. The maximum Gasteiger partial charge on any atom is 0.208 e. The van der Waals surface area contributed by atoms with E-state index >= 15 is 0 Å². The summed E-state index contributed by atoms with van der Waals surface area (Å²) >= 11 is 12.9. The Hall–Kier alpha value is -1.07. The lowest BCUT2D eigenvalue weighted by molar-refractivity contribution is -0.0660. The molecule has 0 spiro atoms. The van der Waals surface area contributed by atoms with Crippen LogP contribution in [0.1, 0.15) is 22.3 Å². The number of benzene rings is 1. The molecule has 1 aromatic rings. The Morgan fingerprint density at radius 2 is 1.61 bits per heavy atom. The van der Waals surface area contributed by atoms with E-state index in [1.165, 1.54) is 0 Å². The van der Waals surface area contributed by atoms with Gasteiger partial charge in [0.25, 0.3) is 0 Å². The molecular weight excluding hydrogens is 335 g/mol. The molecule has 0 amide bonds. The fourth-order valence-corrected chi connectivity index (χ4v) is 3.59. The minimum Gasteiger partial charge on any atom is -0.379 e. The topological polar surface area (TPSA) is 34.1 Å². The second-order valence-corrected chi connectivity index (χ2v) is 6.71. The van der Waals surface area contributed by atoms with E-state index in [0.29, 0.717) is 23.3 Å². The van der Waals surface area contributed by atoms with Gasteiger partial charge in [0.2, 0.25) is 6.23 Å². The van der Waals surface area contributed by atoms with Gasteiger partial charge in [-0.1, -0.05) is 34.9 Å². The smallest absolute Gasteiger partial charge is 0.208 e. The summed E-state index contributed by atoms with van der Waals surface area (Å²) < 4.78 is 5.39. The Kier molecular flexibility index (Phi) is 4.70. The van der Waals surface area contributed by atoms with E-state index < -0.39 is 0 Å². The molecule has 0 aliphatic carbocycles. The molecule has 23 heavy (non-hydrogen) atoms. The van der Waals surface area contributed by atoms with Crippen molar-refractivity contribution >= 4 is 28.9 Å². The average molecular weight is 355 g/mol. The van der Waals surface area contributed by atoms with E-state index in [1.54, 1.807) is 0 Å². The van der Waals surface area contributed by atoms with Gasteiger partial charge in [-0.25, -0.2) is 0 Å². The van der Waals surface area contributed by atoms with Gasteiger partial charge >= 0.3 is 0 Å². The predicted octanol–water partition coefficient (Wildman–Crippen LogP) is 3.87. The summed E-state index contributed by atoms with van der Waals surface area (Å²) in [7, 11) is 0. The third kappa shape index (κ3) is 2.78. The van der Waals surface area contributed by atoms with Crippen LogP contribution in [0.25, 0.3) is 0 Å². The normalized spacial score (nSPS) is 22.2. The van der Waals surface area contributed by atoms with E-state index in [2.05, 4.69) is 16.6 Å². The van der Waals surface area contributed by atoms with Gasteiger partial charge in [0.05, 0.1) is 13.2 Å². The van der Waals surface area contributed by atoms with Crippen molar-refractivity contribution in [2.24, 2.45) is 5.16 Å². The van der Waals surface area contributed by atoms with Crippen molar-refractivity contribution in [3.8, 4) is 0 Å². The molecule has 1 atom stereocenters. The zero-order valence-corrected chi connectivity index (χ0v) is 15.1. The molecule has 0 radical (unpaired) electrons. The maximum atomic E-state index is 6.43. The summed E-state index contributed by atoms with van der Waals surface area (Å²) in [4.78, 5) is 7.85. The number of rotatable bonds is 2. The van der Waals surface area contributed by atoms with Crippen molar-refractivity contribution in [2.45, 2.75) is 27.0 Å². The van der Waals surface area contributed by atoms with Gasteiger partial charge in [-0.2, -0.15) is 0 Å². The molecule has 2 aliphatic heterocycles. The molecule has 3 rings (SSSR count). The van der Waals surface area contributed by atoms with Crippen LogP contribution in [0.15, 0.2) is 17.3 Å². The third-order valence-corrected chi connectivity index (χ3v) is 5.66. The Labute approximate surface area is 146 Å². The van der Waals surface area contributed by atoms with Gasteiger partial charge in [0.15, 0.2) is 0 Å². The van der Waals surface area contributed by atoms with Crippen molar-refractivity contribution in [3.63, 3.8) is 0 Å². The van der Waals surface area contributed by atoms with Crippen molar-refractivity contribution in [2.75, 3.05) is 26.3 Å². The van der Waals surface area contributed by atoms with Gasteiger partial charge in [-0.3, -0.25) is 4.90 Å². The quantitative estimate of drug-likeness (QED) is 0.808. The highest BCUT2D eigenvalue weighted by atomic mass is 35.5. The predicted molar refractivity (Wildman–Crippen MR) is 93.6 cm³/mol. The van der Waals surface area contributed by atoms with Crippen LogP contribution in [0, 0.1) is 20.8 Å². The van der Waals surface area contributed by atoms with Gasteiger partial charge in [0, 0.05) is 34.3 Å². The van der Waals surface area contributed by atoms with Gasteiger partial charge < -0.3 is 9.57 Å². The fourth-order valence-electron chi connectivity index (χ4n) is 3.16. The Bertz CT molecular complexity index is 665. The van der Waals surface area contributed by atoms with Gasteiger partial charge in [-0.15, -0.1) is 0 Å². The molecule has 6 heteroatoms. The van der Waals surface area contributed by atoms with Crippen LogP contribution in [-0.4, -0.2) is 43.1 Å². The van der Waals surface area contributed by atoms with Crippen LogP contribution in [0.4, 0.5) is 0 Å². The summed E-state index contributed by atoms with van der Waals surface area (Å²) in [5.41, 5.74) is 5.30. The largest absolute Gasteiger partial charge is 0.379 e. The lowest BCUT2D eigenvalue weighted by Gasteiger charge is -2.30. The first-order valence-corrected chi connectivity index (χ1v) is 8.39. The molecule has 4 nitrogen and oxygen atoms in total. The monoisotopic (exact) mass is 354 g/mol. The van der Waals surface area contributed by atoms with E-state index in [-0.39, 0.29) is 6.23 Å². The third-order valence-electron chi connectivity index (χ3n) is 4.53. The Morgan fingerprint density at radius 1 is 1.04 bits per heavy atom. The molecule has 1 saturated heterocycles. The molecule has 1 fully saturated rings. The first-order valence-electron chi connectivity index (χ1n) is 7.63. The molecule has 0 aromatic heterocycles. The van der Waals surface area contributed by atoms with E-state index in [1.807, 2.05) is 20.8 Å². The Morgan fingerprint density at radius 3 is 2.17 bits per heavy atom. The van der Waals surface area contributed by atoms with Crippen LogP contribution in [-0.2, 0) is 9.57 Å². The minimum atomic E-state index is -0.244. The molecule has 0 bridgehead atoms. The fraction of sp³-hybridized carbons (Fsp3) is 0.471. The van der Waals surface area contributed by atoms with Crippen LogP contribution in [0.5, 0.6) is 0 Å². The van der Waals surface area contributed by atoms with Crippen LogP contribution >= 0.6 is 23.2 Å². The highest BCUT2D eigenvalue weighted by Crippen LogP contribution is 2.37.